The van der Waals surface area contributed by atoms with Crippen LogP contribution in [0.2, 0.25) is 0 Å². The van der Waals surface area contributed by atoms with E-state index < -0.39 is 0 Å². The van der Waals surface area contributed by atoms with E-state index in [-0.39, 0.29) is 5.91 Å². The van der Waals surface area contributed by atoms with E-state index in [1.807, 2.05) is 19.0 Å². The van der Waals surface area contributed by atoms with Crippen molar-refractivity contribution >= 4 is 11.9 Å². The molecule has 0 fully saturated rings. The van der Waals surface area contributed by atoms with Gasteiger partial charge in [0.05, 0.1) is 0 Å². The second-order valence-corrected chi connectivity index (χ2v) is 5.66. The number of likely N-dealkylation sites (N-methyl/N-ethyl adjacent to an activating group) is 1. The largest absolute Gasteiger partial charge is 0.350 e. The van der Waals surface area contributed by atoms with E-state index in [0.29, 0.717) is 24.7 Å². The minimum absolute atomic E-state index is 0.187. The highest BCUT2D eigenvalue weighted by atomic mass is 16.1. The lowest BCUT2D eigenvalue weighted by Crippen LogP contribution is -2.31. The Morgan fingerprint density at radius 2 is 1.91 bits per heavy atom. The fourth-order valence-corrected chi connectivity index (χ4v) is 1.94. The highest BCUT2D eigenvalue weighted by Crippen LogP contribution is 2.06. The summed E-state index contributed by atoms with van der Waals surface area (Å²) in [6.07, 6.45) is 1.59. The molecule has 2 rings (SSSR count). The number of amides is 1. The van der Waals surface area contributed by atoms with Crippen molar-refractivity contribution in [2.75, 3.05) is 32.5 Å². The Morgan fingerprint density at radius 3 is 2.61 bits per heavy atom. The Hall–Kier alpha value is -2.47. The van der Waals surface area contributed by atoms with Crippen molar-refractivity contribution in [1.29, 1.82) is 0 Å². The molecule has 0 aliphatic heterocycles. The van der Waals surface area contributed by atoms with Crippen molar-refractivity contribution < 1.29 is 4.79 Å². The molecule has 0 aliphatic rings. The SMILES string of the molecule is Cc1ccc(CNc2nccc(C(=O)NCCN(C)C)n2)cc1. The topological polar surface area (TPSA) is 70.2 Å². The van der Waals surface area contributed by atoms with Gasteiger partial charge >= 0.3 is 0 Å². The molecule has 0 saturated heterocycles. The quantitative estimate of drug-likeness (QED) is 0.814. The number of hydrogen-bond donors (Lipinski definition) is 2. The Balaban J connectivity index is 1.91. The summed E-state index contributed by atoms with van der Waals surface area (Å²) < 4.78 is 0. The summed E-state index contributed by atoms with van der Waals surface area (Å²) in [5, 5.41) is 5.98. The molecule has 2 aromatic rings. The minimum atomic E-state index is -0.187. The smallest absolute Gasteiger partial charge is 0.270 e. The van der Waals surface area contributed by atoms with Crippen molar-refractivity contribution in [2.24, 2.45) is 0 Å². The molecule has 0 unspecified atom stereocenters. The maximum atomic E-state index is 12.0. The Kier molecular flexibility index (Phi) is 6.05. The number of nitrogens with zero attached hydrogens (tertiary/aromatic N) is 3. The van der Waals surface area contributed by atoms with Crippen LogP contribution in [-0.2, 0) is 6.54 Å². The van der Waals surface area contributed by atoms with E-state index in [1.54, 1.807) is 12.3 Å². The molecule has 0 saturated carbocycles. The van der Waals surface area contributed by atoms with Gasteiger partial charge in [0.1, 0.15) is 5.69 Å². The summed E-state index contributed by atoms with van der Waals surface area (Å²) in [4.78, 5) is 22.5. The van der Waals surface area contributed by atoms with Gasteiger partial charge in [0.2, 0.25) is 5.95 Å². The average Bonchev–Trinajstić information content (AvgIpc) is 2.54. The normalized spacial score (nSPS) is 10.6. The number of carbonyl (C=O) groups is 1. The standard InChI is InChI=1S/C17H23N5O/c1-13-4-6-14(7-5-13)12-20-17-19-9-8-15(21-17)16(23)18-10-11-22(2)3/h4-9H,10-12H2,1-3H3,(H,18,23)(H,19,20,21). The van der Waals surface area contributed by atoms with Gasteiger partial charge in [0, 0.05) is 25.8 Å². The zero-order valence-corrected chi connectivity index (χ0v) is 13.8. The van der Waals surface area contributed by atoms with Crippen LogP contribution in [0, 0.1) is 6.92 Å². The third kappa shape index (κ3) is 5.67. The molecule has 1 heterocycles. The van der Waals surface area contributed by atoms with E-state index in [4.69, 9.17) is 0 Å². The van der Waals surface area contributed by atoms with Gasteiger partial charge in [-0.05, 0) is 32.6 Å². The van der Waals surface area contributed by atoms with Crippen LogP contribution in [0.4, 0.5) is 5.95 Å². The fraction of sp³-hybridized carbons (Fsp3) is 0.353. The van der Waals surface area contributed by atoms with Crippen LogP contribution < -0.4 is 10.6 Å². The first kappa shape index (κ1) is 16.9. The molecule has 0 bridgehead atoms. The Bertz CT molecular complexity index is 640. The van der Waals surface area contributed by atoms with Crippen molar-refractivity contribution in [2.45, 2.75) is 13.5 Å². The molecule has 23 heavy (non-hydrogen) atoms. The van der Waals surface area contributed by atoms with Crippen molar-refractivity contribution in [3.05, 3.63) is 53.3 Å². The van der Waals surface area contributed by atoms with Gasteiger partial charge < -0.3 is 15.5 Å². The maximum absolute atomic E-state index is 12.0. The first-order valence-electron chi connectivity index (χ1n) is 7.60. The molecule has 0 atom stereocenters. The van der Waals surface area contributed by atoms with Crippen LogP contribution in [-0.4, -0.2) is 48.0 Å². The van der Waals surface area contributed by atoms with Crippen LogP contribution in [0.5, 0.6) is 0 Å². The molecule has 0 radical (unpaired) electrons. The average molecular weight is 313 g/mol. The Labute approximate surface area is 137 Å². The van der Waals surface area contributed by atoms with Gasteiger partial charge in [-0.3, -0.25) is 4.79 Å². The summed E-state index contributed by atoms with van der Waals surface area (Å²) >= 11 is 0. The third-order valence-corrected chi connectivity index (χ3v) is 3.30. The van der Waals surface area contributed by atoms with Gasteiger partial charge in [0.15, 0.2) is 0 Å². The minimum Gasteiger partial charge on any atom is -0.350 e. The summed E-state index contributed by atoms with van der Waals surface area (Å²) in [5.41, 5.74) is 2.73. The fourth-order valence-electron chi connectivity index (χ4n) is 1.94. The lowest BCUT2D eigenvalue weighted by atomic mass is 10.1. The number of benzene rings is 1. The molecule has 6 nitrogen and oxygen atoms in total. The highest BCUT2D eigenvalue weighted by Gasteiger charge is 2.08. The number of anilines is 1. The summed E-state index contributed by atoms with van der Waals surface area (Å²) in [6, 6.07) is 9.85. The van der Waals surface area contributed by atoms with Gasteiger partial charge in [0.25, 0.3) is 5.91 Å². The number of aryl methyl sites for hydroxylation is 1. The van der Waals surface area contributed by atoms with Gasteiger partial charge in [-0.1, -0.05) is 29.8 Å². The van der Waals surface area contributed by atoms with Crippen LogP contribution >= 0.6 is 0 Å². The second-order valence-electron chi connectivity index (χ2n) is 5.66. The van der Waals surface area contributed by atoms with E-state index in [9.17, 15) is 4.79 Å². The second kappa shape index (κ2) is 8.24. The monoisotopic (exact) mass is 313 g/mol. The molecule has 1 aromatic heterocycles. The lowest BCUT2D eigenvalue weighted by Gasteiger charge is -2.10. The van der Waals surface area contributed by atoms with Crippen molar-refractivity contribution in [3.8, 4) is 0 Å². The van der Waals surface area contributed by atoms with Crippen LogP contribution in [0.15, 0.2) is 36.5 Å². The lowest BCUT2D eigenvalue weighted by molar-refractivity contribution is 0.0946. The van der Waals surface area contributed by atoms with Crippen molar-refractivity contribution in [3.63, 3.8) is 0 Å². The zero-order valence-electron chi connectivity index (χ0n) is 13.8. The highest BCUT2D eigenvalue weighted by molar-refractivity contribution is 5.92. The van der Waals surface area contributed by atoms with Gasteiger partial charge in [-0.15, -0.1) is 0 Å². The summed E-state index contributed by atoms with van der Waals surface area (Å²) in [7, 11) is 3.92. The van der Waals surface area contributed by atoms with E-state index in [0.717, 1.165) is 12.1 Å². The first-order valence-corrected chi connectivity index (χ1v) is 7.60. The van der Waals surface area contributed by atoms with E-state index >= 15 is 0 Å². The molecule has 0 spiro atoms. The number of hydrogen-bond acceptors (Lipinski definition) is 5. The molecule has 0 aliphatic carbocycles. The predicted molar refractivity (Wildman–Crippen MR) is 91.4 cm³/mol. The third-order valence-electron chi connectivity index (χ3n) is 3.30. The first-order chi connectivity index (χ1) is 11.0. The molecule has 1 aromatic carbocycles. The molecule has 2 N–H and O–H groups in total. The van der Waals surface area contributed by atoms with Crippen LogP contribution in [0.1, 0.15) is 21.6 Å². The van der Waals surface area contributed by atoms with E-state index in [2.05, 4.69) is 51.8 Å². The zero-order chi connectivity index (χ0) is 16.7. The number of carbonyl (C=O) groups excluding carboxylic acids is 1. The summed E-state index contributed by atoms with van der Waals surface area (Å²) in [5.74, 6) is 0.262. The number of nitrogens with one attached hydrogen (secondary N) is 2. The molecule has 6 heteroatoms. The van der Waals surface area contributed by atoms with Gasteiger partial charge in [-0.25, -0.2) is 9.97 Å². The van der Waals surface area contributed by atoms with Crippen LogP contribution in [0.3, 0.4) is 0 Å². The van der Waals surface area contributed by atoms with Crippen molar-refractivity contribution in [1.82, 2.24) is 20.2 Å². The predicted octanol–water partition coefficient (Wildman–Crippen LogP) is 1.69. The maximum Gasteiger partial charge on any atom is 0.270 e. The molecule has 122 valence electrons. The summed E-state index contributed by atoms with van der Waals surface area (Å²) in [6.45, 7) is 4.04. The number of rotatable bonds is 7. The number of aromatic nitrogens is 2. The Morgan fingerprint density at radius 1 is 1.17 bits per heavy atom. The van der Waals surface area contributed by atoms with Crippen LogP contribution in [0.25, 0.3) is 0 Å². The van der Waals surface area contributed by atoms with E-state index in [1.165, 1.54) is 5.56 Å². The molecular formula is C17H23N5O. The molecular weight excluding hydrogens is 290 g/mol. The molecule has 1 amide bonds. The van der Waals surface area contributed by atoms with Gasteiger partial charge in [-0.2, -0.15) is 0 Å².